The van der Waals surface area contributed by atoms with Gasteiger partial charge in [0.05, 0.1) is 41.9 Å². The Morgan fingerprint density at radius 2 is 1.62 bits per heavy atom. The molecular formula is C31H53N3O5S. The topological polar surface area (TPSA) is 137 Å². The summed E-state index contributed by atoms with van der Waals surface area (Å²) in [6, 6.07) is -1.16. The number of aliphatic hydroxyl groups is 3. The van der Waals surface area contributed by atoms with Gasteiger partial charge in [-0.1, -0.05) is 78.1 Å². The van der Waals surface area contributed by atoms with Crippen molar-refractivity contribution in [3.8, 4) is 0 Å². The van der Waals surface area contributed by atoms with Gasteiger partial charge < -0.3 is 26.0 Å². The Kier molecular flexibility index (Phi) is 13.8. The first kappa shape index (κ1) is 33.0. The van der Waals surface area contributed by atoms with E-state index in [0.29, 0.717) is 31.1 Å². The van der Waals surface area contributed by atoms with Gasteiger partial charge in [-0.3, -0.25) is 9.59 Å². The Hall–Kier alpha value is -1.55. The Morgan fingerprint density at radius 1 is 1.02 bits per heavy atom. The Balaban J connectivity index is 2.01. The molecule has 0 radical (unpaired) electrons. The predicted molar refractivity (Wildman–Crippen MR) is 158 cm³/mol. The van der Waals surface area contributed by atoms with Crippen LogP contribution in [0.5, 0.6) is 0 Å². The lowest BCUT2D eigenvalue weighted by Crippen LogP contribution is -2.59. The van der Waals surface area contributed by atoms with Crippen molar-refractivity contribution in [2.24, 2.45) is 29.4 Å². The minimum atomic E-state index is -1.15. The number of aliphatic hydroxyl groups excluding tert-OH is 3. The molecule has 1 aromatic rings. The summed E-state index contributed by atoms with van der Waals surface area (Å²) in [6.07, 6.45) is 10.8. The van der Waals surface area contributed by atoms with Crippen molar-refractivity contribution in [3.63, 3.8) is 0 Å². The summed E-state index contributed by atoms with van der Waals surface area (Å²) < 4.78 is 0. The fourth-order valence-electron chi connectivity index (χ4n) is 7.05. The van der Waals surface area contributed by atoms with Crippen LogP contribution in [0, 0.1) is 23.7 Å². The van der Waals surface area contributed by atoms with Crippen LogP contribution in [-0.4, -0.2) is 67.9 Å². The fraction of sp³-hybridized carbons (Fsp3) is 0.839. The van der Waals surface area contributed by atoms with Crippen LogP contribution in [-0.2, 0) is 16.0 Å². The van der Waals surface area contributed by atoms with Gasteiger partial charge in [0.1, 0.15) is 6.10 Å². The number of thiazole rings is 1. The molecule has 0 aliphatic heterocycles. The molecule has 9 heteroatoms. The molecule has 5 atom stereocenters. The van der Waals surface area contributed by atoms with E-state index in [1.807, 2.05) is 19.2 Å². The number of carbonyl (C=O) groups excluding carboxylic acids is 2. The number of primary amides is 1. The summed E-state index contributed by atoms with van der Waals surface area (Å²) >= 11 is 1.43. The molecule has 2 aliphatic carbocycles. The molecule has 0 saturated heterocycles. The van der Waals surface area contributed by atoms with Crippen LogP contribution in [0.4, 0.5) is 0 Å². The SMILES string of the molecule is CC(C)C[C@H](O)[C@H](O)[C@H](CC1CCCCC1)N(C(=O)[C@@H](CC(N)=O)Cc1cscn1)[C@@H](CO)CC1CCCCC1. The Labute approximate surface area is 244 Å². The second kappa shape index (κ2) is 16.8. The highest BCUT2D eigenvalue weighted by molar-refractivity contribution is 7.07. The van der Waals surface area contributed by atoms with E-state index >= 15 is 0 Å². The van der Waals surface area contributed by atoms with Crippen LogP contribution in [0.1, 0.15) is 109 Å². The average Bonchev–Trinajstić information content (AvgIpc) is 3.45. The largest absolute Gasteiger partial charge is 0.394 e. The summed E-state index contributed by atoms with van der Waals surface area (Å²) in [4.78, 5) is 32.8. The molecule has 2 saturated carbocycles. The molecule has 3 rings (SSSR count). The number of nitrogens with zero attached hydrogens (tertiary/aromatic N) is 2. The number of rotatable bonds is 16. The lowest BCUT2D eigenvalue weighted by Gasteiger charge is -2.45. The quantitative estimate of drug-likeness (QED) is 0.228. The van der Waals surface area contributed by atoms with Gasteiger partial charge >= 0.3 is 0 Å². The number of hydrogen-bond donors (Lipinski definition) is 4. The van der Waals surface area contributed by atoms with Gasteiger partial charge in [-0.15, -0.1) is 11.3 Å². The van der Waals surface area contributed by atoms with Gasteiger partial charge in [0, 0.05) is 18.2 Å². The molecular weight excluding hydrogens is 526 g/mol. The summed E-state index contributed by atoms with van der Waals surface area (Å²) in [5.41, 5.74) is 8.07. The van der Waals surface area contributed by atoms with Crippen molar-refractivity contribution < 1.29 is 24.9 Å². The highest BCUT2D eigenvalue weighted by Crippen LogP contribution is 2.35. The minimum Gasteiger partial charge on any atom is -0.394 e. The molecule has 1 heterocycles. The minimum absolute atomic E-state index is 0.130. The third kappa shape index (κ3) is 10.1. The first-order chi connectivity index (χ1) is 19.2. The van der Waals surface area contributed by atoms with E-state index < -0.39 is 36.1 Å². The van der Waals surface area contributed by atoms with Gasteiger partial charge in [-0.25, -0.2) is 4.98 Å². The zero-order valence-corrected chi connectivity index (χ0v) is 25.4. The first-order valence-corrected chi connectivity index (χ1v) is 16.6. The van der Waals surface area contributed by atoms with Crippen LogP contribution >= 0.6 is 11.3 Å². The standard InChI is InChI=1S/C31H53N3O5S/c1-21(2)13-28(36)30(38)27(15-23-11-7-4-8-12-23)34(26(18-35)14-22-9-5-3-6-10-22)31(39)24(17-29(32)37)16-25-19-40-20-33-25/h19-24,26-28,30,35-36,38H,3-18H2,1-2H3,(H2,32,37)/t24-,26-,27+,28+,30-/m1/s1. The number of hydrogen-bond acceptors (Lipinski definition) is 7. The van der Waals surface area contributed by atoms with E-state index in [9.17, 15) is 24.9 Å². The normalized spacial score (nSPS) is 21.1. The van der Waals surface area contributed by atoms with Crippen LogP contribution in [0.25, 0.3) is 0 Å². The zero-order chi connectivity index (χ0) is 29.1. The molecule has 5 N–H and O–H groups in total. The van der Waals surface area contributed by atoms with E-state index in [1.165, 1.54) is 24.2 Å². The molecule has 0 bridgehead atoms. The van der Waals surface area contributed by atoms with Crippen LogP contribution in [0.3, 0.4) is 0 Å². The summed E-state index contributed by atoms with van der Waals surface area (Å²) in [6.45, 7) is 3.78. The molecule has 1 aromatic heterocycles. The maximum absolute atomic E-state index is 14.6. The van der Waals surface area contributed by atoms with Gasteiger partial charge in [-0.05, 0) is 37.0 Å². The van der Waals surface area contributed by atoms with Crippen molar-refractivity contribution in [2.45, 2.75) is 134 Å². The lowest BCUT2D eigenvalue weighted by molar-refractivity contribution is -0.152. The third-order valence-electron chi connectivity index (χ3n) is 9.08. The van der Waals surface area contributed by atoms with Gasteiger partial charge in [0.2, 0.25) is 11.8 Å². The Morgan fingerprint density at radius 3 is 2.12 bits per heavy atom. The average molecular weight is 580 g/mol. The van der Waals surface area contributed by atoms with Gasteiger partial charge in [0.25, 0.3) is 0 Å². The van der Waals surface area contributed by atoms with Gasteiger partial charge in [-0.2, -0.15) is 0 Å². The Bertz CT molecular complexity index is 870. The summed E-state index contributed by atoms with van der Waals surface area (Å²) in [5, 5.41) is 35.5. The lowest BCUT2D eigenvalue weighted by atomic mass is 9.80. The second-order valence-corrected chi connectivity index (χ2v) is 13.6. The monoisotopic (exact) mass is 579 g/mol. The molecule has 40 heavy (non-hydrogen) atoms. The predicted octanol–water partition coefficient (Wildman–Crippen LogP) is 4.44. The zero-order valence-electron chi connectivity index (χ0n) is 24.6. The molecule has 0 aromatic carbocycles. The smallest absolute Gasteiger partial charge is 0.227 e. The second-order valence-electron chi connectivity index (χ2n) is 12.9. The maximum Gasteiger partial charge on any atom is 0.227 e. The number of aromatic nitrogens is 1. The number of carbonyl (C=O) groups is 2. The number of amides is 2. The van der Waals surface area contributed by atoms with Crippen molar-refractivity contribution in [1.82, 2.24) is 9.88 Å². The molecule has 8 nitrogen and oxygen atoms in total. The van der Waals surface area contributed by atoms with Crippen LogP contribution < -0.4 is 5.73 Å². The highest BCUT2D eigenvalue weighted by atomic mass is 32.1. The van der Waals surface area contributed by atoms with Crippen LogP contribution in [0.2, 0.25) is 0 Å². The first-order valence-electron chi connectivity index (χ1n) is 15.6. The van der Waals surface area contributed by atoms with E-state index in [2.05, 4.69) is 4.98 Å². The summed E-state index contributed by atoms with van der Waals surface area (Å²) in [5.74, 6) is -0.695. The van der Waals surface area contributed by atoms with Crippen molar-refractivity contribution >= 4 is 23.2 Å². The fourth-order valence-corrected chi connectivity index (χ4v) is 7.62. The van der Waals surface area contributed by atoms with E-state index in [-0.39, 0.29) is 31.3 Å². The van der Waals surface area contributed by atoms with Crippen molar-refractivity contribution in [3.05, 3.63) is 16.6 Å². The molecule has 2 aliphatic rings. The molecule has 0 spiro atoms. The molecule has 0 unspecified atom stereocenters. The maximum atomic E-state index is 14.6. The van der Waals surface area contributed by atoms with Crippen molar-refractivity contribution in [2.75, 3.05) is 6.61 Å². The van der Waals surface area contributed by atoms with Gasteiger partial charge in [0.15, 0.2) is 0 Å². The number of nitrogens with two attached hydrogens (primary N) is 1. The molecule has 2 fully saturated rings. The summed E-state index contributed by atoms with van der Waals surface area (Å²) in [7, 11) is 0. The highest BCUT2D eigenvalue weighted by Gasteiger charge is 2.42. The third-order valence-corrected chi connectivity index (χ3v) is 9.72. The van der Waals surface area contributed by atoms with E-state index in [4.69, 9.17) is 5.73 Å². The molecule has 228 valence electrons. The van der Waals surface area contributed by atoms with E-state index in [1.54, 1.807) is 10.4 Å². The van der Waals surface area contributed by atoms with Crippen molar-refractivity contribution in [1.29, 1.82) is 0 Å². The van der Waals surface area contributed by atoms with E-state index in [0.717, 1.165) is 57.1 Å². The van der Waals surface area contributed by atoms with Crippen LogP contribution in [0.15, 0.2) is 10.9 Å². The molecule has 2 amide bonds.